The van der Waals surface area contributed by atoms with E-state index in [-0.39, 0.29) is 6.04 Å². The molecule has 4 heteroatoms. The second kappa shape index (κ2) is 6.01. The SMILES string of the molecule is CCCNC(c1ccoc1)c1cccc2c1OCCO2. The Hall–Kier alpha value is -1.94. The lowest BCUT2D eigenvalue weighted by atomic mass is 9.99. The number of furan rings is 1. The van der Waals surface area contributed by atoms with Gasteiger partial charge < -0.3 is 19.2 Å². The summed E-state index contributed by atoms with van der Waals surface area (Å²) in [6.07, 6.45) is 4.54. The Kier molecular flexibility index (Phi) is 3.92. The Morgan fingerprint density at radius 1 is 1.20 bits per heavy atom. The minimum absolute atomic E-state index is 0.0605. The zero-order valence-corrected chi connectivity index (χ0v) is 11.6. The minimum atomic E-state index is 0.0605. The highest BCUT2D eigenvalue weighted by Gasteiger charge is 2.23. The van der Waals surface area contributed by atoms with Crippen LogP contribution in [0.1, 0.15) is 30.5 Å². The van der Waals surface area contributed by atoms with Crippen LogP contribution in [0.25, 0.3) is 0 Å². The average molecular weight is 273 g/mol. The molecule has 0 amide bonds. The lowest BCUT2D eigenvalue weighted by molar-refractivity contribution is 0.169. The lowest BCUT2D eigenvalue weighted by Gasteiger charge is -2.25. The first-order valence-corrected chi connectivity index (χ1v) is 7.04. The third-order valence-electron chi connectivity index (χ3n) is 3.38. The molecule has 0 spiro atoms. The van der Waals surface area contributed by atoms with Crippen LogP contribution in [0.4, 0.5) is 0 Å². The molecular formula is C16H19NO3. The summed E-state index contributed by atoms with van der Waals surface area (Å²) in [6, 6.07) is 8.07. The molecule has 0 saturated heterocycles. The summed E-state index contributed by atoms with van der Waals surface area (Å²) in [5, 5.41) is 3.54. The molecular weight excluding hydrogens is 254 g/mol. The Morgan fingerprint density at radius 3 is 2.90 bits per heavy atom. The summed E-state index contributed by atoms with van der Waals surface area (Å²) in [5.74, 6) is 1.66. The summed E-state index contributed by atoms with van der Waals surface area (Å²) in [5.41, 5.74) is 2.19. The van der Waals surface area contributed by atoms with Crippen LogP contribution in [0.2, 0.25) is 0 Å². The van der Waals surface area contributed by atoms with Gasteiger partial charge in [0.05, 0.1) is 18.6 Å². The van der Waals surface area contributed by atoms with E-state index in [1.807, 2.05) is 18.2 Å². The highest BCUT2D eigenvalue weighted by molar-refractivity contribution is 5.51. The summed E-state index contributed by atoms with van der Waals surface area (Å²) in [7, 11) is 0. The summed E-state index contributed by atoms with van der Waals surface area (Å²) < 4.78 is 16.7. The van der Waals surface area contributed by atoms with Crippen LogP contribution in [0, 0.1) is 0 Å². The summed E-state index contributed by atoms with van der Waals surface area (Å²) in [6.45, 7) is 4.28. The molecule has 4 nitrogen and oxygen atoms in total. The molecule has 1 atom stereocenters. The smallest absolute Gasteiger partial charge is 0.166 e. The van der Waals surface area contributed by atoms with Gasteiger partial charge in [0.15, 0.2) is 11.5 Å². The minimum Gasteiger partial charge on any atom is -0.486 e. The molecule has 2 heterocycles. The van der Waals surface area contributed by atoms with Crippen LogP contribution in [0.5, 0.6) is 11.5 Å². The van der Waals surface area contributed by atoms with Gasteiger partial charge in [0, 0.05) is 11.1 Å². The first kappa shape index (κ1) is 13.1. The Labute approximate surface area is 118 Å². The van der Waals surface area contributed by atoms with Crippen molar-refractivity contribution in [2.24, 2.45) is 0 Å². The van der Waals surface area contributed by atoms with Crippen molar-refractivity contribution in [3.05, 3.63) is 47.9 Å². The lowest BCUT2D eigenvalue weighted by Crippen LogP contribution is -2.25. The molecule has 0 bridgehead atoms. The van der Waals surface area contributed by atoms with Gasteiger partial charge in [0.1, 0.15) is 13.2 Å². The third kappa shape index (κ3) is 2.51. The van der Waals surface area contributed by atoms with Crippen molar-refractivity contribution in [3.8, 4) is 11.5 Å². The fourth-order valence-electron chi connectivity index (χ4n) is 2.46. The molecule has 1 aliphatic rings. The van der Waals surface area contributed by atoms with E-state index in [1.54, 1.807) is 12.5 Å². The number of fused-ring (bicyclic) bond motifs is 1. The number of hydrogen-bond donors (Lipinski definition) is 1. The first-order valence-electron chi connectivity index (χ1n) is 7.04. The molecule has 20 heavy (non-hydrogen) atoms. The number of hydrogen-bond acceptors (Lipinski definition) is 4. The van der Waals surface area contributed by atoms with E-state index in [2.05, 4.69) is 18.3 Å². The zero-order chi connectivity index (χ0) is 13.8. The normalized spacial score (nSPS) is 15.1. The van der Waals surface area contributed by atoms with Crippen molar-refractivity contribution in [2.75, 3.05) is 19.8 Å². The number of para-hydroxylation sites is 1. The van der Waals surface area contributed by atoms with E-state index < -0.39 is 0 Å². The Balaban J connectivity index is 1.98. The Bertz CT molecular complexity index is 551. The molecule has 0 fully saturated rings. The molecule has 2 aromatic rings. The van der Waals surface area contributed by atoms with Gasteiger partial charge in [-0.15, -0.1) is 0 Å². The highest BCUT2D eigenvalue weighted by atomic mass is 16.6. The predicted octanol–water partition coefficient (Wildman–Crippen LogP) is 3.14. The molecule has 0 radical (unpaired) electrons. The molecule has 1 aliphatic heterocycles. The molecule has 1 aromatic carbocycles. The van der Waals surface area contributed by atoms with E-state index in [4.69, 9.17) is 13.9 Å². The van der Waals surface area contributed by atoms with Crippen molar-refractivity contribution >= 4 is 0 Å². The fraction of sp³-hybridized carbons (Fsp3) is 0.375. The second-order valence-electron chi connectivity index (χ2n) is 4.82. The molecule has 0 aliphatic carbocycles. The van der Waals surface area contributed by atoms with Gasteiger partial charge in [0.25, 0.3) is 0 Å². The van der Waals surface area contributed by atoms with Gasteiger partial charge in [-0.25, -0.2) is 0 Å². The molecule has 1 aromatic heterocycles. The number of rotatable bonds is 5. The van der Waals surface area contributed by atoms with Crippen LogP contribution in [-0.4, -0.2) is 19.8 Å². The van der Waals surface area contributed by atoms with Crippen LogP contribution >= 0.6 is 0 Å². The highest BCUT2D eigenvalue weighted by Crippen LogP contribution is 2.39. The van der Waals surface area contributed by atoms with Crippen molar-refractivity contribution in [1.82, 2.24) is 5.32 Å². The Morgan fingerprint density at radius 2 is 2.10 bits per heavy atom. The van der Waals surface area contributed by atoms with Gasteiger partial charge in [-0.3, -0.25) is 0 Å². The number of ether oxygens (including phenoxy) is 2. The van der Waals surface area contributed by atoms with Crippen LogP contribution in [0.3, 0.4) is 0 Å². The topological polar surface area (TPSA) is 43.6 Å². The van der Waals surface area contributed by atoms with Crippen molar-refractivity contribution in [2.45, 2.75) is 19.4 Å². The largest absolute Gasteiger partial charge is 0.486 e. The number of benzene rings is 1. The predicted molar refractivity (Wildman–Crippen MR) is 76.3 cm³/mol. The summed E-state index contributed by atoms with van der Waals surface area (Å²) >= 11 is 0. The van der Waals surface area contributed by atoms with E-state index in [1.165, 1.54) is 0 Å². The maximum atomic E-state index is 5.82. The van der Waals surface area contributed by atoms with E-state index in [9.17, 15) is 0 Å². The first-order chi connectivity index (χ1) is 9.90. The van der Waals surface area contributed by atoms with Crippen LogP contribution in [0.15, 0.2) is 41.2 Å². The van der Waals surface area contributed by atoms with Crippen molar-refractivity contribution in [1.29, 1.82) is 0 Å². The molecule has 1 unspecified atom stereocenters. The standard InChI is InChI=1S/C16H19NO3/c1-2-7-17-15(12-6-8-18-11-12)13-4-3-5-14-16(13)20-10-9-19-14/h3-6,8,11,15,17H,2,7,9-10H2,1H3. The molecule has 0 saturated carbocycles. The van der Waals surface area contributed by atoms with E-state index >= 15 is 0 Å². The fourth-order valence-corrected chi connectivity index (χ4v) is 2.46. The second-order valence-corrected chi connectivity index (χ2v) is 4.82. The zero-order valence-electron chi connectivity index (χ0n) is 11.6. The van der Waals surface area contributed by atoms with Gasteiger partial charge in [0.2, 0.25) is 0 Å². The molecule has 3 rings (SSSR count). The third-order valence-corrected chi connectivity index (χ3v) is 3.38. The summed E-state index contributed by atoms with van der Waals surface area (Å²) in [4.78, 5) is 0. The monoisotopic (exact) mass is 273 g/mol. The van der Waals surface area contributed by atoms with Gasteiger partial charge in [-0.2, -0.15) is 0 Å². The van der Waals surface area contributed by atoms with E-state index in [0.29, 0.717) is 13.2 Å². The van der Waals surface area contributed by atoms with Crippen molar-refractivity contribution in [3.63, 3.8) is 0 Å². The van der Waals surface area contributed by atoms with E-state index in [0.717, 1.165) is 35.6 Å². The van der Waals surface area contributed by atoms with Crippen LogP contribution < -0.4 is 14.8 Å². The maximum absolute atomic E-state index is 5.82. The van der Waals surface area contributed by atoms with Gasteiger partial charge in [-0.05, 0) is 25.1 Å². The number of nitrogens with one attached hydrogen (secondary N) is 1. The molecule has 1 N–H and O–H groups in total. The average Bonchev–Trinajstić information content (AvgIpc) is 3.02. The van der Waals surface area contributed by atoms with Gasteiger partial charge in [-0.1, -0.05) is 19.1 Å². The van der Waals surface area contributed by atoms with Crippen LogP contribution in [-0.2, 0) is 0 Å². The molecule has 106 valence electrons. The maximum Gasteiger partial charge on any atom is 0.166 e. The quantitative estimate of drug-likeness (QED) is 0.909. The van der Waals surface area contributed by atoms with Gasteiger partial charge >= 0.3 is 0 Å². The van der Waals surface area contributed by atoms with Crippen molar-refractivity contribution < 1.29 is 13.9 Å².